The van der Waals surface area contributed by atoms with E-state index in [1.54, 1.807) is 28.7 Å². The van der Waals surface area contributed by atoms with Crippen LogP contribution in [-0.4, -0.2) is 11.3 Å². The summed E-state index contributed by atoms with van der Waals surface area (Å²) >= 11 is 0. The maximum absolute atomic E-state index is 12.6. The Balaban J connectivity index is 1.55. The lowest BCUT2D eigenvalue weighted by Gasteiger charge is -2.09. The van der Waals surface area contributed by atoms with Crippen LogP contribution < -0.4 is 4.74 Å². The first kappa shape index (κ1) is 20.1. The first-order valence-corrected chi connectivity index (χ1v) is 12.4. The highest BCUT2D eigenvalue weighted by Crippen LogP contribution is 2.36. The second-order valence-corrected chi connectivity index (χ2v) is 9.81. The van der Waals surface area contributed by atoms with Crippen LogP contribution in [-0.2, 0) is 28.1 Å². The van der Waals surface area contributed by atoms with Crippen LogP contribution in [0.4, 0.5) is 0 Å². The summed E-state index contributed by atoms with van der Waals surface area (Å²) < 4.78 is 17.8. The van der Waals surface area contributed by atoms with Crippen molar-refractivity contribution in [2.75, 3.05) is 7.11 Å². The Morgan fingerprint density at radius 1 is 0.815 bits per heavy atom. The van der Waals surface area contributed by atoms with Crippen LogP contribution in [0.5, 0.6) is 5.75 Å². The van der Waals surface area contributed by atoms with E-state index in [1.807, 2.05) is 54.6 Å². The Kier molecular flexibility index (Phi) is 7.87. The van der Waals surface area contributed by atoms with Crippen molar-refractivity contribution >= 4 is 32.4 Å². The molecule has 2 nitrogen and oxygen atoms in total. The molecule has 0 bridgehead atoms. The van der Waals surface area contributed by atoms with Crippen molar-refractivity contribution in [2.45, 2.75) is 22.2 Å². The van der Waals surface area contributed by atoms with E-state index in [9.17, 15) is 4.21 Å². The predicted molar refractivity (Wildman–Crippen MR) is 119 cm³/mol. The quantitative estimate of drug-likeness (QED) is 0.396. The third-order valence-corrected chi connectivity index (χ3v) is 7.67. The molecule has 27 heavy (non-hydrogen) atoms. The molecule has 0 heterocycles. The van der Waals surface area contributed by atoms with Gasteiger partial charge in [-0.15, -0.1) is 0 Å². The molecule has 0 saturated heterocycles. The highest BCUT2D eigenvalue weighted by molar-refractivity contribution is 8.76. The first-order chi connectivity index (χ1) is 13.2. The van der Waals surface area contributed by atoms with E-state index in [-0.39, 0.29) is 0 Å². The normalized spacial score (nSPS) is 11.9. The molecule has 0 aliphatic carbocycles. The highest BCUT2D eigenvalue weighted by Gasteiger charge is 2.08. The zero-order valence-corrected chi connectivity index (χ0v) is 17.6. The third-order valence-electron chi connectivity index (χ3n) is 3.99. The average molecular weight is 415 g/mol. The van der Waals surface area contributed by atoms with Gasteiger partial charge in [-0.1, -0.05) is 82.3 Å². The van der Waals surface area contributed by atoms with Crippen LogP contribution in [0.3, 0.4) is 0 Å². The summed E-state index contributed by atoms with van der Waals surface area (Å²) in [4.78, 5) is 1.19. The zero-order valence-electron chi connectivity index (χ0n) is 15.2. The molecule has 140 valence electrons. The largest absolute Gasteiger partial charge is 0.497 e. The van der Waals surface area contributed by atoms with Crippen molar-refractivity contribution in [1.82, 2.24) is 0 Å². The number of hydrogen-bond donors (Lipinski definition) is 0. The van der Waals surface area contributed by atoms with Crippen molar-refractivity contribution in [3.63, 3.8) is 0 Å². The minimum atomic E-state index is -0.914. The number of benzene rings is 3. The van der Waals surface area contributed by atoms with Crippen LogP contribution in [0.15, 0.2) is 83.8 Å². The summed E-state index contributed by atoms with van der Waals surface area (Å²) in [5.74, 6) is 2.97. The molecule has 0 aromatic heterocycles. The molecule has 0 radical (unpaired) electrons. The number of ether oxygens (including phenoxy) is 1. The molecular weight excluding hydrogens is 392 g/mol. The lowest BCUT2D eigenvalue weighted by molar-refractivity contribution is 0.414. The average Bonchev–Trinajstić information content (AvgIpc) is 2.70. The molecular formula is C22H22O2S3. The Hall–Kier alpha value is -1.69. The second kappa shape index (κ2) is 10.6. The monoisotopic (exact) mass is 414 g/mol. The molecule has 1 atom stereocenters. The van der Waals surface area contributed by atoms with Crippen molar-refractivity contribution in [3.8, 4) is 5.75 Å². The van der Waals surface area contributed by atoms with E-state index in [1.165, 1.54) is 10.5 Å². The van der Waals surface area contributed by atoms with Gasteiger partial charge in [0.1, 0.15) is 5.75 Å². The molecule has 0 spiro atoms. The fourth-order valence-electron chi connectivity index (χ4n) is 2.57. The van der Waals surface area contributed by atoms with Gasteiger partial charge in [0.15, 0.2) is 0 Å². The molecule has 5 heteroatoms. The van der Waals surface area contributed by atoms with E-state index in [0.717, 1.165) is 22.6 Å². The zero-order chi connectivity index (χ0) is 18.9. The Morgan fingerprint density at radius 3 is 2.26 bits per heavy atom. The van der Waals surface area contributed by atoms with Crippen LogP contribution in [0.1, 0.15) is 16.7 Å². The summed E-state index contributed by atoms with van der Waals surface area (Å²) in [5, 5.41) is 0. The maximum atomic E-state index is 12.6. The third kappa shape index (κ3) is 6.45. The topological polar surface area (TPSA) is 26.3 Å². The second-order valence-electron chi connectivity index (χ2n) is 6.02. The van der Waals surface area contributed by atoms with Crippen LogP contribution in [0.2, 0.25) is 0 Å². The van der Waals surface area contributed by atoms with Gasteiger partial charge in [0, 0.05) is 33.0 Å². The number of hydrogen-bond acceptors (Lipinski definition) is 4. The van der Waals surface area contributed by atoms with Crippen LogP contribution in [0.25, 0.3) is 0 Å². The molecule has 3 rings (SSSR count). The molecule has 3 aromatic rings. The van der Waals surface area contributed by atoms with Crippen molar-refractivity contribution in [2.24, 2.45) is 0 Å². The Morgan fingerprint density at radius 2 is 1.52 bits per heavy atom. The van der Waals surface area contributed by atoms with Crippen LogP contribution >= 0.6 is 21.6 Å². The van der Waals surface area contributed by atoms with Crippen molar-refractivity contribution < 1.29 is 8.95 Å². The molecule has 1 unspecified atom stereocenters. The van der Waals surface area contributed by atoms with Gasteiger partial charge in [0.05, 0.1) is 7.11 Å². The fraction of sp³-hybridized carbons (Fsp3) is 0.182. The summed E-state index contributed by atoms with van der Waals surface area (Å²) in [7, 11) is 4.31. The molecule has 0 aliphatic rings. The molecule has 0 amide bonds. The molecule has 0 fully saturated rings. The van der Waals surface area contributed by atoms with Gasteiger partial charge >= 0.3 is 0 Å². The summed E-state index contributed by atoms with van der Waals surface area (Å²) in [6.07, 6.45) is 0. The van der Waals surface area contributed by atoms with Crippen molar-refractivity contribution in [3.05, 3.63) is 95.6 Å². The van der Waals surface area contributed by atoms with Gasteiger partial charge < -0.3 is 4.74 Å². The minimum absolute atomic E-state index is 0.584. The van der Waals surface area contributed by atoms with Gasteiger partial charge in [-0.2, -0.15) is 0 Å². The van der Waals surface area contributed by atoms with Gasteiger partial charge in [-0.25, -0.2) is 0 Å². The van der Waals surface area contributed by atoms with Gasteiger partial charge in [-0.05, 0) is 34.9 Å². The molecule has 0 aliphatic heterocycles. The molecule has 3 aromatic carbocycles. The highest BCUT2D eigenvalue weighted by atomic mass is 33.1. The van der Waals surface area contributed by atoms with E-state index in [0.29, 0.717) is 11.5 Å². The molecule has 0 saturated carbocycles. The Bertz CT molecular complexity index is 864. The van der Waals surface area contributed by atoms with E-state index >= 15 is 0 Å². The summed E-state index contributed by atoms with van der Waals surface area (Å²) in [5.41, 5.74) is 3.53. The number of methoxy groups -OCH3 is 1. The fourth-order valence-corrected chi connectivity index (χ4v) is 6.28. The first-order valence-electron chi connectivity index (χ1n) is 8.64. The van der Waals surface area contributed by atoms with E-state index in [4.69, 9.17) is 4.74 Å². The van der Waals surface area contributed by atoms with E-state index in [2.05, 4.69) is 24.3 Å². The van der Waals surface area contributed by atoms with Gasteiger partial charge in [0.2, 0.25) is 0 Å². The van der Waals surface area contributed by atoms with Gasteiger partial charge in [-0.3, -0.25) is 4.21 Å². The minimum Gasteiger partial charge on any atom is -0.497 e. The molecule has 0 N–H and O–H groups in total. The maximum Gasteiger partial charge on any atom is 0.118 e. The standard InChI is InChI=1S/C22H22O2S3/c1-24-21-13-11-18(12-14-21)15-25-26-22-10-6-5-9-20(22)17-27(23)16-19-7-3-2-4-8-19/h2-14H,15-17H2,1H3. The van der Waals surface area contributed by atoms with Gasteiger partial charge in [0.25, 0.3) is 0 Å². The van der Waals surface area contributed by atoms with Crippen molar-refractivity contribution in [1.29, 1.82) is 0 Å². The van der Waals surface area contributed by atoms with E-state index < -0.39 is 10.8 Å². The predicted octanol–water partition coefficient (Wildman–Crippen LogP) is 6.08. The SMILES string of the molecule is COc1ccc(CSSc2ccccc2CS(=O)Cc2ccccc2)cc1. The number of rotatable bonds is 9. The smallest absolute Gasteiger partial charge is 0.118 e. The lowest BCUT2D eigenvalue weighted by atomic mass is 10.2. The van der Waals surface area contributed by atoms with Crippen LogP contribution in [0, 0.1) is 0 Å². The summed E-state index contributed by atoms with van der Waals surface area (Å²) in [6.45, 7) is 0. The summed E-state index contributed by atoms with van der Waals surface area (Å²) in [6, 6.07) is 26.4. The Labute approximate surface area is 171 Å². The lowest BCUT2D eigenvalue weighted by Crippen LogP contribution is -2.00.